The Bertz CT molecular complexity index is 1300. The van der Waals surface area contributed by atoms with Crippen molar-refractivity contribution in [2.24, 2.45) is 0 Å². The molecule has 1 aromatic heterocycles. The van der Waals surface area contributed by atoms with Crippen LogP contribution in [0.2, 0.25) is 0 Å². The van der Waals surface area contributed by atoms with Gasteiger partial charge in [-0.2, -0.15) is 0 Å². The lowest BCUT2D eigenvalue weighted by Crippen LogP contribution is -2.25. The fraction of sp³-hybridized carbons (Fsp3) is 0.296. The lowest BCUT2D eigenvalue weighted by Gasteiger charge is -2.21. The first kappa shape index (κ1) is 23.1. The zero-order chi connectivity index (χ0) is 23.4. The summed E-state index contributed by atoms with van der Waals surface area (Å²) >= 11 is 1.49. The van der Waals surface area contributed by atoms with Gasteiger partial charge >= 0.3 is 0 Å². The van der Waals surface area contributed by atoms with Gasteiger partial charge in [-0.05, 0) is 48.9 Å². The fourth-order valence-electron chi connectivity index (χ4n) is 3.95. The van der Waals surface area contributed by atoms with Crippen LogP contribution in [0.1, 0.15) is 18.9 Å². The largest absolute Gasteiger partial charge is 0.507 e. The van der Waals surface area contributed by atoms with Gasteiger partial charge in [-0.1, -0.05) is 31.2 Å². The van der Waals surface area contributed by atoms with E-state index >= 15 is 0 Å². The van der Waals surface area contributed by atoms with Crippen LogP contribution >= 0.6 is 11.3 Å². The smallest absolute Gasteiger partial charge is 0.199 e. The number of aromatic hydroxyl groups is 1. The maximum absolute atomic E-state index is 12.8. The van der Waals surface area contributed by atoms with Crippen molar-refractivity contribution < 1.29 is 9.84 Å². The van der Waals surface area contributed by atoms with E-state index in [9.17, 15) is 9.90 Å². The van der Waals surface area contributed by atoms with Crippen molar-refractivity contribution >= 4 is 37.2 Å². The quantitative estimate of drug-likeness (QED) is 0.264. The van der Waals surface area contributed by atoms with Gasteiger partial charge in [-0.3, -0.25) is 9.69 Å². The highest BCUT2D eigenvalue weighted by Crippen LogP contribution is 2.33. The molecular formula is C27H30N2O3S. The molecule has 172 valence electrons. The maximum atomic E-state index is 12.8. The molecule has 0 aliphatic heterocycles. The molecule has 1 heterocycles. The summed E-state index contributed by atoms with van der Waals surface area (Å²) in [4.78, 5) is 17.3. The van der Waals surface area contributed by atoms with Crippen LogP contribution in [-0.4, -0.2) is 43.8 Å². The molecule has 4 rings (SSSR count). The first-order valence-corrected chi connectivity index (χ1v) is 12.1. The van der Waals surface area contributed by atoms with E-state index in [1.807, 2.05) is 38.4 Å². The van der Waals surface area contributed by atoms with Gasteiger partial charge in [0.05, 0.1) is 12.0 Å². The van der Waals surface area contributed by atoms with Gasteiger partial charge < -0.3 is 14.7 Å². The summed E-state index contributed by atoms with van der Waals surface area (Å²) < 4.78 is 7.59. The van der Waals surface area contributed by atoms with Crippen LogP contribution in [0.4, 0.5) is 5.69 Å². The molecule has 0 atom stereocenters. The van der Waals surface area contributed by atoms with Gasteiger partial charge in [-0.15, -0.1) is 11.3 Å². The van der Waals surface area contributed by atoms with E-state index in [0.717, 1.165) is 35.5 Å². The number of hydrogen-bond acceptors (Lipinski definition) is 6. The van der Waals surface area contributed by atoms with Crippen molar-refractivity contribution in [2.75, 3.05) is 38.7 Å². The summed E-state index contributed by atoms with van der Waals surface area (Å²) in [5.41, 5.74) is 2.36. The minimum atomic E-state index is -0.138. The van der Waals surface area contributed by atoms with Crippen LogP contribution in [0.15, 0.2) is 65.5 Å². The number of hydrogen-bond donors (Lipinski definition) is 1. The van der Waals surface area contributed by atoms with E-state index in [-0.39, 0.29) is 11.2 Å². The second-order valence-electron chi connectivity index (χ2n) is 8.37. The van der Waals surface area contributed by atoms with Crippen molar-refractivity contribution in [1.82, 2.24) is 4.90 Å². The monoisotopic (exact) mass is 462 g/mol. The Hall–Kier alpha value is -3.09. The molecule has 0 radical (unpaired) electrons. The first-order valence-electron chi connectivity index (χ1n) is 11.3. The Morgan fingerprint density at radius 1 is 1.00 bits per heavy atom. The molecule has 0 amide bonds. The van der Waals surface area contributed by atoms with Crippen LogP contribution < -0.4 is 15.1 Å². The lowest BCUT2D eigenvalue weighted by molar-refractivity contribution is 0.236. The third-order valence-corrected chi connectivity index (χ3v) is 6.94. The van der Waals surface area contributed by atoms with Crippen LogP contribution in [0.25, 0.3) is 20.2 Å². The minimum absolute atomic E-state index is 0.0224. The molecule has 6 heteroatoms. The fourth-order valence-corrected chi connectivity index (χ4v) is 5.08. The maximum Gasteiger partial charge on any atom is 0.199 e. The third-order valence-electron chi connectivity index (χ3n) is 5.83. The molecule has 33 heavy (non-hydrogen) atoms. The highest BCUT2D eigenvalue weighted by Gasteiger charge is 2.12. The average Bonchev–Trinajstić information content (AvgIpc) is 2.81. The normalized spacial score (nSPS) is 11.4. The zero-order valence-electron chi connectivity index (χ0n) is 19.4. The van der Waals surface area contributed by atoms with Gasteiger partial charge in [0.15, 0.2) is 5.43 Å². The van der Waals surface area contributed by atoms with Crippen LogP contribution in [-0.2, 0) is 6.54 Å². The Kier molecular flexibility index (Phi) is 7.16. The Morgan fingerprint density at radius 2 is 1.76 bits per heavy atom. The molecule has 4 aromatic rings. The topological polar surface area (TPSA) is 53.0 Å². The molecule has 5 nitrogen and oxygen atoms in total. The van der Waals surface area contributed by atoms with E-state index in [1.165, 1.54) is 22.6 Å². The summed E-state index contributed by atoms with van der Waals surface area (Å²) in [5.74, 6) is 0.569. The van der Waals surface area contributed by atoms with Gasteiger partial charge in [0.1, 0.15) is 11.5 Å². The number of anilines is 1. The number of nitrogens with zero attached hydrogens (tertiary/aromatic N) is 2. The van der Waals surface area contributed by atoms with Crippen molar-refractivity contribution in [3.63, 3.8) is 0 Å². The van der Waals surface area contributed by atoms with Gasteiger partial charge in [0, 0.05) is 53.7 Å². The van der Waals surface area contributed by atoms with Crippen LogP contribution in [0.3, 0.4) is 0 Å². The third kappa shape index (κ3) is 5.29. The average molecular weight is 463 g/mol. The van der Waals surface area contributed by atoms with Gasteiger partial charge in [-0.25, -0.2) is 0 Å². The predicted molar refractivity (Wildman–Crippen MR) is 139 cm³/mol. The molecule has 0 unspecified atom stereocenters. The minimum Gasteiger partial charge on any atom is -0.507 e. The summed E-state index contributed by atoms with van der Waals surface area (Å²) in [7, 11) is 4.09. The first-order chi connectivity index (χ1) is 16.0. The number of phenols is 1. The van der Waals surface area contributed by atoms with E-state index in [1.54, 1.807) is 12.1 Å². The standard InChI is InChI=1S/C27H30N2O3S/c1-4-29(18-19-10-12-20(13-11-19)28(2)3)14-7-15-32-21-16-23(30)26-25(17-21)33-24-9-6-5-8-22(24)27(26)31/h5-6,8-13,16-17,30H,4,7,14-15,18H2,1-3H3. The molecule has 0 spiro atoms. The molecule has 0 saturated carbocycles. The SMILES string of the molecule is CCN(CCCOc1cc(O)c2c(=O)c3ccccc3sc2c1)Cc1ccc(N(C)C)cc1. The van der Waals surface area contributed by atoms with Crippen molar-refractivity contribution in [3.05, 3.63) is 76.5 Å². The molecule has 0 bridgehead atoms. The number of fused-ring (bicyclic) bond motifs is 2. The second kappa shape index (κ2) is 10.2. The number of rotatable bonds is 9. The van der Waals surface area contributed by atoms with Crippen molar-refractivity contribution in [2.45, 2.75) is 19.9 Å². The summed E-state index contributed by atoms with van der Waals surface area (Å²) in [6.07, 6.45) is 0.871. The molecule has 0 saturated heterocycles. The number of ether oxygens (including phenoxy) is 1. The molecular weight excluding hydrogens is 432 g/mol. The summed E-state index contributed by atoms with van der Waals surface area (Å²) in [6.45, 7) is 5.50. The second-order valence-corrected chi connectivity index (χ2v) is 9.46. The highest BCUT2D eigenvalue weighted by atomic mass is 32.1. The zero-order valence-corrected chi connectivity index (χ0v) is 20.2. The predicted octanol–water partition coefficient (Wildman–Crippen LogP) is 5.48. The number of phenolic OH excluding ortho intramolecular Hbond substituents is 1. The van der Waals surface area contributed by atoms with Crippen molar-refractivity contribution in [3.8, 4) is 11.5 Å². The Labute approximate surface area is 198 Å². The van der Waals surface area contributed by atoms with E-state index in [4.69, 9.17) is 4.74 Å². The highest BCUT2D eigenvalue weighted by molar-refractivity contribution is 7.24. The number of benzene rings is 3. The Balaban J connectivity index is 1.38. The molecule has 3 aromatic carbocycles. The summed E-state index contributed by atoms with van der Waals surface area (Å²) in [5, 5.41) is 11.5. The van der Waals surface area contributed by atoms with E-state index in [2.05, 4.69) is 41.0 Å². The van der Waals surface area contributed by atoms with E-state index in [0.29, 0.717) is 23.1 Å². The van der Waals surface area contributed by atoms with Crippen LogP contribution in [0, 0.1) is 0 Å². The molecule has 0 fully saturated rings. The molecule has 1 N–H and O–H groups in total. The Morgan fingerprint density at radius 3 is 2.48 bits per heavy atom. The molecule has 0 aliphatic rings. The lowest BCUT2D eigenvalue weighted by atomic mass is 10.1. The van der Waals surface area contributed by atoms with Crippen LogP contribution in [0.5, 0.6) is 11.5 Å². The molecule has 0 aliphatic carbocycles. The van der Waals surface area contributed by atoms with Gasteiger partial charge in [0.25, 0.3) is 0 Å². The van der Waals surface area contributed by atoms with Crippen molar-refractivity contribution in [1.29, 1.82) is 0 Å². The van der Waals surface area contributed by atoms with Gasteiger partial charge in [0.2, 0.25) is 0 Å². The summed E-state index contributed by atoms with van der Waals surface area (Å²) in [6, 6.07) is 19.6. The van der Waals surface area contributed by atoms with E-state index < -0.39 is 0 Å².